The van der Waals surface area contributed by atoms with Gasteiger partial charge in [-0.25, -0.2) is 4.79 Å². The maximum atomic E-state index is 13.1. The van der Waals surface area contributed by atoms with E-state index in [1.54, 1.807) is 19.1 Å². The van der Waals surface area contributed by atoms with E-state index in [1.807, 2.05) is 49.4 Å². The lowest BCUT2D eigenvalue weighted by Gasteiger charge is -2.23. The SMILES string of the molecule is CC(NC(=O)CN1C(=O)NC(C)(c2ccc(Cl)cc2Cl)C1=O)c1cccc2ccccc12. The van der Waals surface area contributed by atoms with Crippen LogP contribution in [0.4, 0.5) is 4.79 Å². The minimum absolute atomic E-state index is 0.254. The van der Waals surface area contributed by atoms with E-state index in [2.05, 4.69) is 10.6 Å². The normalized spacial score (nSPS) is 19.2. The highest BCUT2D eigenvalue weighted by atomic mass is 35.5. The number of hydrogen-bond donors (Lipinski definition) is 2. The number of nitrogens with zero attached hydrogens (tertiary/aromatic N) is 1. The van der Waals surface area contributed by atoms with Crippen LogP contribution in [-0.4, -0.2) is 29.3 Å². The van der Waals surface area contributed by atoms with E-state index < -0.39 is 29.9 Å². The van der Waals surface area contributed by atoms with Gasteiger partial charge in [0.25, 0.3) is 5.91 Å². The first kappa shape index (κ1) is 22.1. The summed E-state index contributed by atoms with van der Waals surface area (Å²) in [5.74, 6) is -1.000. The molecule has 0 radical (unpaired) electrons. The fraction of sp³-hybridized carbons (Fsp3) is 0.208. The first-order valence-electron chi connectivity index (χ1n) is 10.1. The maximum absolute atomic E-state index is 13.1. The molecule has 2 unspecified atom stereocenters. The van der Waals surface area contributed by atoms with Gasteiger partial charge < -0.3 is 10.6 Å². The summed E-state index contributed by atoms with van der Waals surface area (Å²) in [6.07, 6.45) is 0. The van der Waals surface area contributed by atoms with E-state index in [9.17, 15) is 14.4 Å². The smallest absolute Gasteiger partial charge is 0.325 e. The van der Waals surface area contributed by atoms with Crippen molar-refractivity contribution in [2.45, 2.75) is 25.4 Å². The van der Waals surface area contributed by atoms with Crippen LogP contribution in [0, 0.1) is 0 Å². The van der Waals surface area contributed by atoms with Crippen molar-refractivity contribution in [2.24, 2.45) is 0 Å². The van der Waals surface area contributed by atoms with Crippen molar-refractivity contribution >= 4 is 51.8 Å². The number of imide groups is 1. The number of carbonyl (C=O) groups excluding carboxylic acids is 3. The minimum atomic E-state index is -1.39. The van der Waals surface area contributed by atoms with Crippen LogP contribution in [0.25, 0.3) is 10.8 Å². The molecule has 1 aliphatic heterocycles. The Balaban J connectivity index is 1.51. The Kier molecular flexibility index (Phi) is 5.84. The van der Waals surface area contributed by atoms with Crippen LogP contribution in [0.5, 0.6) is 0 Å². The minimum Gasteiger partial charge on any atom is -0.348 e. The molecule has 3 aromatic rings. The summed E-state index contributed by atoms with van der Waals surface area (Å²) in [6, 6.07) is 17.5. The van der Waals surface area contributed by atoms with E-state index in [4.69, 9.17) is 23.2 Å². The summed E-state index contributed by atoms with van der Waals surface area (Å²) >= 11 is 12.2. The van der Waals surface area contributed by atoms with E-state index in [-0.39, 0.29) is 11.1 Å². The average Bonchev–Trinajstić information content (AvgIpc) is 2.96. The molecule has 0 aliphatic carbocycles. The molecule has 32 heavy (non-hydrogen) atoms. The van der Waals surface area contributed by atoms with Gasteiger partial charge in [0.15, 0.2) is 0 Å². The number of benzene rings is 3. The molecule has 1 fully saturated rings. The van der Waals surface area contributed by atoms with E-state index >= 15 is 0 Å². The Morgan fingerprint density at radius 3 is 2.56 bits per heavy atom. The van der Waals surface area contributed by atoms with Crippen LogP contribution in [0.2, 0.25) is 10.0 Å². The van der Waals surface area contributed by atoms with Crippen molar-refractivity contribution in [3.8, 4) is 0 Å². The molecule has 0 aromatic heterocycles. The van der Waals surface area contributed by atoms with Gasteiger partial charge in [0.05, 0.1) is 6.04 Å². The fourth-order valence-electron chi connectivity index (χ4n) is 4.05. The van der Waals surface area contributed by atoms with Gasteiger partial charge in [-0.15, -0.1) is 0 Å². The number of amides is 4. The first-order chi connectivity index (χ1) is 15.2. The molecule has 8 heteroatoms. The highest BCUT2D eigenvalue weighted by Gasteiger charge is 2.50. The van der Waals surface area contributed by atoms with E-state index in [0.717, 1.165) is 21.2 Å². The van der Waals surface area contributed by atoms with Gasteiger partial charge in [0.1, 0.15) is 12.1 Å². The van der Waals surface area contributed by atoms with Gasteiger partial charge in [-0.05, 0) is 42.3 Å². The molecule has 0 saturated carbocycles. The fourth-order valence-corrected chi connectivity index (χ4v) is 4.65. The van der Waals surface area contributed by atoms with Crippen molar-refractivity contribution < 1.29 is 14.4 Å². The molecule has 1 aliphatic rings. The maximum Gasteiger partial charge on any atom is 0.325 e. The lowest BCUT2D eigenvalue weighted by atomic mass is 9.92. The summed E-state index contributed by atoms with van der Waals surface area (Å²) in [5.41, 5.74) is -0.0271. The largest absolute Gasteiger partial charge is 0.348 e. The van der Waals surface area contributed by atoms with Crippen molar-refractivity contribution in [3.63, 3.8) is 0 Å². The molecule has 164 valence electrons. The van der Waals surface area contributed by atoms with Crippen molar-refractivity contribution in [3.05, 3.63) is 81.8 Å². The summed E-state index contributed by atoms with van der Waals surface area (Å²) in [4.78, 5) is 39.3. The zero-order chi connectivity index (χ0) is 23.0. The topological polar surface area (TPSA) is 78.5 Å². The third kappa shape index (κ3) is 3.92. The highest BCUT2D eigenvalue weighted by Crippen LogP contribution is 2.35. The summed E-state index contributed by atoms with van der Waals surface area (Å²) in [6.45, 7) is 3.02. The second-order valence-electron chi connectivity index (χ2n) is 7.93. The number of carbonyl (C=O) groups is 3. The molecule has 1 heterocycles. The van der Waals surface area contributed by atoms with Crippen molar-refractivity contribution in [2.75, 3.05) is 6.54 Å². The Morgan fingerprint density at radius 1 is 1.09 bits per heavy atom. The van der Waals surface area contributed by atoms with Crippen LogP contribution in [-0.2, 0) is 15.1 Å². The summed E-state index contributed by atoms with van der Waals surface area (Å²) in [5, 5.41) is 8.30. The summed E-state index contributed by atoms with van der Waals surface area (Å²) in [7, 11) is 0. The monoisotopic (exact) mass is 469 g/mol. The lowest BCUT2D eigenvalue weighted by molar-refractivity contribution is -0.135. The van der Waals surface area contributed by atoms with E-state index in [1.165, 1.54) is 6.07 Å². The van der Waals surface area contributed by atoms with Crippen LogP contribution >= 0.6 is 23.2 Å². The Morgan fingerprint density at radius 2 is 1.81 bits per heavy atom. The second kappa shape index (κ2) is 8.45. The third-order valence-electron chi connectivity index (χ3n) is 5.71. The second-order valence-corrected chi connectivity index (χ2v) is 8.77. The molecular formula is C24H21Cl2N3O3. The van der Waals surface area contributed by atoms with Crippen LogP contribution in [0.3, 0.4) is 0 Å². The Hall–Kier alpha value is -3.09. The standard InChI is InChI=1S/C24H21Cl2N3O3/c1-14(17-9-5-7-15-6-3-4-8-18(15)17)27-21(30)13-29-22(31)24(2,28-23(29)32)19-11-10-16(25)12-20(19)26/h3-12,14H,13H2,1-2H3,(H,27,30)(H,28,32). The van der Waals surface area contributed by atoms with Gasteiger partial charge in [-0.3, -0.25) is 14.5 Å². The predicted octanol–water partition coefficient (Wildman–Crippen LogP) is 4.79. The average molecular weight is 470 g/mol. The van der Waals surface area contributed by atoms with Gasteiger partial charge in [0, 0.05) is 15.6 Å². The number of urea groups is 1. The van der Waals surface area contributed by atoms with Gasteiger partial charge in [-0.1, -0.05) is 71.7 Å². The zero-order valence-corrected chi connectivity index (χ0v) is 19.0. The Labute approximate surface area is 195 Å². The molecule has 2 atom stereocenters. The predicted molar refractivity (Wildman–Crippen MR) is 125 cm³/mol. The Bertz CT molecular complexity index is 1240. The van der Waals surface area contributed by atoms with Crippen LogP contribution in [0.15, 0.2) is 60.7 Å². The van der Waals surface area contributed by atoms with Crippen molar-refractivity contribution in [1.82, 2.24) is 15.5 Å². The third-order valence-corrected chi connectivity index (χ3v) is 6.26. The van der Waals surface area contributed by atoms with Crippen LogP contribution in [0.1, 0.15) is 31.0 Å². The number of nitrogens with one attached hydrogen (secondary N) is 2. The molecule has 6 nitrogen and oxygen atoms in total. The molecular weight excluding hydrogens is 449 g/mol. The molecule has 4 amide bonds. The molecule has 2 N–H and O–H groups in total. The van der Waals surface area contributed by atoms with Crippen LogP contribution < -0.4 is 10.6 Å². The zero-order valence-electron chi connectivity index (χ0n) is 17.5. The number of fused-ring (bicyclic) bond motifs is 1. The van der Waals surface area contributed by atoms with Crippen molar-refractivity contribution in [1.29, 1.82) is 0 Å². The van der Waals surface area contributed by atoms with Gasteiger partial charge in [0.2, 0.25) is 5.91 Å². The van der Waals surface area contributed by atoms with Gasteiger partial charge >= 0.3 is 6.03 Å². The van der Waals surface area contributed by atoms with Gasteiger partial charge in [-0.2, -0.15) is 0 Å². The summed E-state index contributed by atoms with van der Waals surface area (Å²) < 4.78 is 0. The number of hydrogen-bond acceptors (Lipinski definition) is 3. The molecule has 1 saturated heterocycles. The number of halogens is 2. The molecule has 0 spiro atoms. The number of rotatable bonds is 5. The lowest BCUT2D eigenvalue weighted by Crippen LogP contribution is -2.43. The molecule has 0 bridgehead atoms. The quantitative estimate of drug-likeness (QED) is 0.527. The molecule has 3 aromatic carbocycles. The first-order valence-corrected chi connectivity index (χ1v) is 10.8. The molecule has 4 rings (SSSR count). The van der Waals surface area contributed by atoms with E-state index in [0.29, 0.717) is 10.6 Å². The highest BCUT2D eigenvalue weighted by molar-refractivity contribution is 6.35.